The Kier molecular flexibility index (Phi) is 5.47. The molecule has 12 heteroatoms. The minimum Gasteiger partial charge on any atom is -0.402 e. The van der Waals surface area contributed by atoms with Gasteiger partial charge in [0.2, 0.25) is 5.95 Å². The van der Waals surface area contributed by atoms with Gasteiger partial charge in [0.15, 0.2) is 23.8 Å². The van der Waals surface area contributed by atoms with Crippen LogP contribution in [0.25, 0.3) is 11.2 Å². The third kappa shape index (κ3) is 3.69. The maximum absolute atomic E-state index is 9.88. The Hall–Kier alpha value is -2.96. The van der Waals surface area contributed by atoms with E-state index in [1.807, 2.05) is 0 Å². The fraction of sp³-hybridized carbons (Fsp3) is 0.529. The number of unbranched alkanes of at least 4 members (excludes halogenated alkanes) is 1. The summed E-state index contributed by atoms with van der Waals surface area (Å²) in [6, 6.07) is 0. The van der Waals surface area contributed by atoms with Gasteiger partial charge in [-0.1, -0.05) is 13.3 Å². The number of hydrogen-bond acceptors (Lipinski definition) is 10. The lowest BCUT2D eigenvalue weighted by molar-refractivity contribution is -0.0840. The van der Waals surface area contributed by atoms with Crippen molar-refractivity contribution in [3.8, 4) is 0 Å². The van der Waals surface area contributed by atoms with Gasteiger partial charge in [0, 0.05) is 12.8 Å². The van der Waals surface area contributed by atoms with Crippen molar-refractivity contribution in [1.29, 1.82) is 0 Å². The summed E-state index contributed by atoms with van der Waals surface area (Å²) in [6.07, 6.45) is 5.75. The van der Waals surface area contributed by atoms with E-state index in [0.29, 0.717) is 17.8 Å². The molecule has 5 N–H and O–H groups in total. The molecule has 156 valence electrons. The maximum atomic E-state index is 9.88. The first-order valence-electron chi connectivity index (χ1n) is 9.41. The third-order valence-corrected chi connectivity index (χ3v) is 4.74. The summed E-state index contributed by atoms with van der Waals surface area (Å²) < 4.78 is 15.3. The van der Waals surface area contributed by atoms with Crippen LogP contribution < -0.4 is 16.3 Å². The van der Waals surface area contributed by atoms with Crippen LogP contribution in [0.2, 0.25) is 0 Å². The SMILES string of the molecule is CCCCO[C@H]1[C@@H](On2ccnc2)[C@H](n2cnc3c(N)nc(N)nc32)O[C@@H]1CO. The quantitative estimate of drug-likeness (QED) is 0.427. The van der Waals surface area contributed by atoms with Crippen LogP contribution in [-0.2, 0) is 9.47 Å². The molecule has 0 unspecified atom stereocenters. The highest BCUT2D eigenvalue weighted by Gasteiger charge is 2.49. The van der Waals surface area contributed by atoms with Crippen molar-refractivity contribution in [3.63, 3.8) is 0 Å². The minimum absolute atomic E-state index is 0.0243. The van der Waals surface area contributed by atoms with Gasteiger partial charge >= 0.3 is 0 Å². The van der Waals surface area contributed by atoms with E-state index < -0.39 is 24.5 Å². The smallest absolute Gasteiger partial charge is 0.224 e. The lowest BCUT2D eigenvalue weighted by Crippen LogP contribution is -2.42. The number of fused-ring (bicyclic) bond motifs is 1. The van der Waals surface area contributed by atoms with Crippen molar-refractivity contribution in [2.45, 2.75) is 44.3 Å². The molecular formula is C17H24N8O4. The van der Waals surface area contributed by atoms with Gasteiger partial charge in [0.25, 0.3) is 0 Å². The topological polar surface area (TPSA) is 161 Å². The van der Waals surface area contributed by atoms with Crippen LogP contribution in [0.15, 0.2) is 25.0 Å². The van der Waals surface area contributed by atoms with Crippen molar-refractivity contribution in [2.24, 2.45) is 0 Å². The second kappa shape index (κ2) is 8.19. The maximum Gasteiger partial charge on any atom is 0.224 e. The van der Waals surface area contributed by atoms with Gasteiger partial charge in [-0.15, -0.1) is 0 Å². The zero-order valence-corrected chi connectivity index (χ0v) is 16.0. The van der Waals surface area contributed by atoms with Gasteiger partial charge in [-0.2, -0.15) is 14.7 Å². The van der Waals surface area contributed by atoms with Gasteiger partial charge in [0.1, 0.15) is 24.1 Å². The van der Waals surface area contributed by atoms with Gasteiger partial charge in [-0.25, -0.2) is 9.97 Å². The molecule has 1 fully saturated rings. The second-order valence-electron chi connectivity index (χ2n) is 6.72. The van der Waals surface area contributed by atoms with Crippen molar-refractivity contribution < 1.29 is 19.4 Å². The van der Waals surface area contributed by atoms with Crippen molar-refractivity contribution >= 4 is 22.9 Å². The lowest BCUT2D eigenvalue weighted by atomic mass is 10.1. The summed E-state index contributed by atoms with van der Waals surface area (Å²) in [4.78, 5) is 22.6. The molecule has 12 nitrogen and oxygen atoms in total. The number of aliphatic hydroxyl groups excluding tert-OH is 1. The van der Waals surface area contributed by atoms with Gasteiger partial charge in [0.05, 0.1) is 19.1 Å². The van der Waals surface area contributed by atoms with Gasteiger partial charge < -0.3 is 30.9 Å². The molecule has 4 rings (SSSR count). The van der Waals surface area contributed by atoms with Crippen molar-refractivity contribution in [1.82, 2.24) is 29.2 Å². The molecule has 3 aromatic heterocycles. The first-order valence-corrected chi connectivity index (χ1v) is 9.41. The largest absolute Gasteiger partial charge is 0.402 e. The van der Waals surface area contributed by atoms with E-state index in [9.17, 15) is 5.11 Å². The minimum atomic E-state index is -0.695. The molecule has 0 amide bonds. The molecule has 1 saturated heterocycles. The molecule has 1 aliphatic rings. The third-order valence-electron chi connectivity index (χ3n) is 4.74. The number of hydrogen-bond donors (Lipinski definition) is 3. The van der Waals surface area contributed by atoms with E-state index in [2.05, 4.69) is 26.9 Å². The Labute approximate surface area is 166 Å². The van der Waals surface area contributed by atoms with E-state index in [1.165, 1.54) is 17.4 Å². The summed E-state index contributed by atoms with van der Waals surface area (Å²) in [6.45, 7) is 2.36. The van der Waals surface area contributed by atoms with Crippen molar-refractivity contribution in [3.05, 3.63) is 25.0 Å². The molecule has 4 atom stereocenters. The highest BCUT2D eigenvalue weighted by molar-refractivity contribution is 5.82. The molecule has 0 spiro atoms. The van der Waals surface area contributed by atoms with Crippen molar-refractivity contribution in [2.75, 3.05) is 24.7 Å². The Morgan fingerprint density at radius 2 is 2.10 bits per heavy atom. The van der Waals surface area contributed by atoms with Crippen LogP contribution in [0.4, 0.5) is 11.8 Å². The van der Waals surface area contributed by atoms with Gasteiger partial charge in [-0.05, 0) is 6.42 Å². The molecule has 0 radical (unpaired) electrons. The number of aliphatic hydroxyl groups is 1. The lowest BCUT2D eigenvalue weighted by Gasteiger charge is -2.25. The van der Waals surface area contributed by atoms with Crippen LogP contribution in [0.5, 0.6) is 0 Å². The predicted molar refractivity (Wildman–Crippen MR) is 102 cm³/mol. The zero-order valence-electron chi connectivity index (χ0n) is 16.0. The monoisotopic (exact) mass is 404 g/mol. The fourth-order valence-electron chi connectivity index (χ4n) is 3.35. The molecule has 29 heavy (non-hydrogen) atoms. The summed E-state index contributed by atoms with van der Waals surface area (Å²) >= 11 is 0. The number of aromatic nitrogens is 6. The van der Waals surface area contributed by atoms with Crippen LogP contribution in [0, 0.1) is 0 Å². The van der Waals surface area contributed by atoms with Crippen LogP contribution >= 0.6 is 0 Å². The van der Waals surface area contributed by atoms with Gasteiger partial charge in [-0.3, -0.25) is 4.57 Å². The summed E-state index contributed by atoms with van der Waals surface area (Å²) in [5, 5.41) is 9.88. The van der Waals surface area contributed by atoms with E-state index in [1.54, 1.807) is 17.0 Å². The standard InChI is InChI=1S/C17H24N8O4/c1-2-3-6-27-12-10(7-26)28-16(13(12)29-24-5-4-20-8-24)25-9-21-11-14(18)22-17(19)23-15(11)25/h4-5,8-10,12-13,16,26H,2-3,6-7H2,1H3,(H4,18,19,22,23)/t10-,12-,13-,16-/m1/s1. The normalized spacial score (nSPS) is 24.3. The predicted octanol–water partition coefficient (Wildman–Crippen LogP) is -0.240. The average Bonchev–Trinajstić information content (AvgIpc) is 3.42. The Morgan fingerprint density at radius 1 is 1.24 bits per heavy atom. The second-order valence-corrected chi connectivity index (χ2v) is 6.72. The summed E-state index contributed by atoms with van der Waals surface area (Å²) in [5.74, 6) is 0.196. The molecular weight excluding hydrogens is 380 g/mol. The first kappa shape index (κ1) is 19.4. The number of nitrogen functional groups attached to an aromatic ring is 2. The molecule has 1 aliphatic heterocycles. The first-order chi connectivity index (χ1) is 14.1. The Balaban J connectivity index is 1.72. The summed E-state index contributed by atoms with van der Waals surface area (Å²) in [7, 11) is 0. The van der Waals surface area contributed by atoms with E-state index >= 15 is 0 Å². The number of nitrogens with zero attached hydrogens (tertiary/aromatic N) is 6. The molecule has 0 saturated carbocycles. The molecule has 0 aromatic carbocycles. The molecule has 0 aliphatic carbocycles. The number of ether oxygens (including phenoxy) is 2. The fourth-order valence-corrected chi connectivity index (χ4v) is 3.35. The average molecular weight is 404 g/mol. The van der Waals surface area contributed by atoms with Crippen LogP contribution in [0.1, 0.15) is 26.0 Å². The van der Waals surface area contributed by atoms with E-state index in [4.69, 9.17) is 25.8 Å². The van der Waals surface area contributed by atoms with E-state index in [0.717, 1.165) is 12.8 Å². The number of anilines is 2. The Bertz CT molecular complexity index is 946. The number of rotatable bonds is 8. The number of nitrogens with two attached hydrogens (primary N) is 2. The highest BCUT2D eigenvalue weighted by Crippen LogP contribution is 2.34. The van der Waals surface area contributed by atoms with E-state index in [-0.39, 0.29) is 18.4 Å². The van der Waals surface area contributed by atoms with Crippen LogP contribution in [-0.4, -0.2) is 65.9 Å². The Morgan fingerprint density at radius 3 is 2.83 bits per heavy atom. The zero-order chi connectivity index (χ0) is 20.4. The molecule has 4 heterocycles. The highest BCUT2D eigenvalue weighted by atomic mass is 16.7. The molecule has 0 bridgehead atoms. The summed E-state index contributed by atoms with van der Waals surface area (Å²) in [5.41, 5.74) is 12.5. The van der Waals surface area contributed by atoms with Crippen LogP contribution in [0.3, 0.4) is 0 Å². The number of imidazole rings is 2. The molecule has 3 aromatic rings.